The van der Waals surface area contributed by atoms with Crippen molar-refractivity contribution in [2.45, 2.75) is 0 Å². The van der Waals surface area contributed by atoms with E-state index in [9.17, 15) is 0 Å². The van der Waals surface area contributed by atoms with Gasteiger partial charge in [-0.25, -0.2) is 0 Å². The van der Waals surface area contributed by atoms with Crippen LogP contribution in [0.5, 0.6) is 0 Å². The molecule has 8 heteroatoms. The Hall–Kier alpha value is -0.343. The van der Waals surface area contributed by atoms with Crippen LogP contribution in [0.15, 0.2) is 0 Å². The Morgan fingerprint density at radius 2 is 0.750 bits per heavy atom. The van der Waals surface area contributed by atoms with Crippen LogP contribution in [0.25, 0.3) is 0 Å². The minimum absolute atomic E-state index is 0. The smallest absolute Gasteiger partial charge is 0 e. The molecule has 0 aliphatic heterocycles. The number of hydrogen-bond acceptors (Lipinski definition) is 6. The van der Waals surface area contributed by atoms with Crippen LogP contribution in [0.2, 0.25) is 0 Å². The van der Waals surface area contributed by atoms with Crippen molar-refractivity contribution in [2.24, 2.45) is 0 Å². The van der Waals surface area contributed by atoms with E-state index in [0.29, 0.717) is 0 Å². The number of ether oxygens (including phenoxy) is 2. The molecule has 0 amide bonds. The zero-order valence-electron chi connectivity index (χ0n) is 5.27. The van der Waals surface area contributed by atoms with Gasteiger partial charge in [0, 0.05) is 42.1 Å². The Balaban J connectivity index is -0.0000000457. The Labute approximate surface area is 96.5 Å². The molecule has 0 aromatic carbocycles. The first-order valence-electron chi connectivity index (χ1n) is 1.63. The van der Waals surface area contributed by atoms with Gasteiger partial charge in [-0.05, 0) is 0 Å². The molecule has 0 spiro atoms. The minimum atomic E-state index is 0. The monoisotopic (exact) mass is 512 g/mol. The summed E-state index contributed by atoms with van der Waals surface area (Å²) in [5, 5.41) is 0. The molecule has 0 aliphatic carbocycles. The molecule has 0 saturated heterocycles. The van der Waals surface area contributed by atoms with E-state index in [1.54, 1.807) is 0 Å². The van der Waals surface area contributed by atoms with Crippen molar-refractivity contribution in [3.63, 3.8) is 0 Å². The summed E-state index contributed by atoms with van der Waals surface area (Å²) in [6.07, 6.45) is 0. The van der Waals surface area contributed by atoms with Gasteiger partial charge in [0.25, 0.3) is 0 Å². The molecule has 0 N–H and O–H groups in total. The molecule has 0 atom stereocenters. The minimum Gasteiger partial charge on any atom is -0.783 e. The van der Waals surface area contributed by atoms with Gasteiger partial charge in [-0.1, -0.05) is 0 Å². The van der Waals surface area contributed by atoms with Crippen molar-refractivity contribution < 1.29 is 70.8 Å². The average Bonchev–Trinajstić information content (AvgIpc) is 1.93. The molecule has 0 aliphatic rings. The number of carbonyl (C=O) groups excluding carboxylic acids is 4. The predicted octanol–water partition coefficient (Wildman–Crippen LogP) is -1.73. The second-order valence-corrected chi connectivity index (χ2v) is 0.537. The van der Waals surface area contributed by atoms with Gasteiger partial charge in [-0.3, -0.25) is 0 Å². The fourth-order valence-corrected chi connectivity index (χ4v) is 0.0340. The van der Waals surface area contributed by atoms with Crippen LogP contribution >= 0.6 is 0 Å². The van der Waals surface area contributed by atoms with Crippen molar-refractivity contribution in [2.75, 3.05) is 0 Å². The molecular weight excluding hydrogens is 512 g/mol. The molecule has 0 fully saturated rings. The summed E-state index contributed by atoms with van der Waals surface area (Å²) in [5.74, 6) is 0. The molecular formula is C4O6W2-4. The second kappa shape index (κ2) is 31.1. The topological polar surface area (TPSA) is 86.7 Å². The molecule has 0 aromatic rings. The Kier molecular flexibility index (Phi) is 58.4. The fraction of sp³-hybridized carbons (Fsp3) is 0. The summed E-state index contributed by atoms with van der Waals surface area (Å²) in [6.45, 7) is 3.38. The van der Waals surface area contributed by atoms with Gasteiger partial charge in [-0.15, -0.1) is 25.9 Å². The number of rotatable bonds is 4. The van der Waals surface area contributed by atoms with Gasteiger partial charge in [0.15, 0.2) is 0 Å². The molecule has 12 heavy (non-hydrogen) atoms. The van der Waals surface area contributed by atoms with Crippen molar-refractivity contribution in [1.29, 1.82) is 0 Å². The van der Waals surface area contributed by atoms with Crippen molar-refractivity contribution in [3.8, 4) is 0 Å². The number of hydrogen-bond donors (Lipinski definition) is 0. The zero-order valence-corrected chi connectivity index (χ0v) is 11.1. The third-order valence-corrected chi connectivity index (χ3v) is 0.167. The Morgan fingerprint density at radius 3 is 0.750 bits per heavy atom. The van der Waals surface area contributed by atoms with E-state index in [1.807, 2.05) is 0 Å². The quantitative estimate of drug-likeness (QED) is 0.329. The van der Waals surface area contributed by atoms with E-state index in [-0.39, 0.29) is 42.1 Å². The van der Waals surface area contributed by atoms with Crippen LogP contribution in [-0.2, 0) is 70.8 Å². The average molecular weight is 512 g/mol. The molecule has 0 saturated carbocycles. The zero-order chi connectivity index (χ0) is 8.24. The van der Waals surface area contributed by atoms with Gasteiger partial charge < -0.3 is 28.7 Å². The standard InChI is InChI=1S/2C2O3.2W/c2*3-1-5-2-4;;/q2*-2;;. The summed E-state index contributed by atoms with van der Waals surface area (Å²) in [4.78, 5) is 35.2. The van der Waals surface area contributed by atoms with Crippen LogP contribution in [-0.4, -0.2) is 25.9 Å². The third-order valence-electron chi connectivity index (χ3n) is 0.167. The molecule has 6 nitrogen and oxygen atoms in total. The molecule has 0 unspecified atom stereocenters. The molecule has 0 rings (SSSR count). The second-order valence-electron chi connectivity index (χ2n) is 0.537. The molecule has 0 radical (unpaired) electrons. The SMILES string of the molecule is O=[C-]O[C-]=O.O=[C-]O[C-]=O.[W].[W]. The van der Waals surface area contributed by atoms with E-state index in [2.05, 4.69) is 9.47 Å². The van der Waals surface area contributed by atoms with Crippen LogP contribution in [0.1, 0.15) is 0 Å². The first kappa shape index (κ1) is 22.6. The van der Waals surface area contributed by atoms with Crippen molar-refractivity contribution >= 4 is 25.9 Å². The molecule has 0 bridgehead atoms. The molecule has 0 heterocycles. The van der Waals surface area contributed by atoms with Gasteiger partial charge in [0.2, 0.25) is 0 Å². The van der Waals surface area contributed by atoms with E-state index in [1.165, 1.54) is 0 Å². The summed E-state index contributed by atoms with van der Waals surface area (Å²) < 4.78 is 6.44. The largest absolute Gasteiger partial charge is 0.783 e. The van der Waals surface area contributed by atoms with E-state index in [4.69, 9.17) is 19.2 Å². The maximum Gasteiger partial charge on any atom is 0 e. The molecule has 0 aromatic heterocycles. The normalized spacial score (nSPS) is 4.67. The van der Waals surface area contributed by atoms with Gasteiger partial charge >= 0.3 is 0 Å². The van der Waals surface area contributed by atoms with Gasteiger partial charge in [-0.2, -0.15) is 0 Å². The van der Waals surface area contributed by atoms with Crippen LogP contribution in [0, 0.1) is 0 Å². The van der Waals surface area contributed by atoms with Crippen LogP contribution < -0.4 is 0 Å². The maximum atomic E-state index is 8.80. The first-order valence-corrected chi connectivity index (χ1v) is 1.63. The first-order chi connectivity index (χ1) is 4.83. The van der Waals surface area contributed by atoms with Crippen molar-refractivity contribution in [1.82, 2.24) is 0 Å². The van der Waals surface area contributed by atoms with Gasteiger partial charge in [0.05, 0.1) is 0 Å². The van der Waals surface area contributed by atoms with E-state index < -0.39 is 0 Å². The van der Waals surface area contributed by atoms with E-state index >= 15 is 0 Å². The van der Waals surface area contributed by atoms with Gasteiger partial charge in [0.1, 0.15) is 0 Å². The summed E-state index contributed by atoms with van der Waals surface area (Å²) in [7, 11) is 0. The van der Waals surface area contributed by atoms with Crippen LogP contribution in [0.4, 0.5) is 0 Å². The van der Waals surface area contributed by atoms with Crippen LogP contribution in [0.3, 0.4) is 0 Å². The Bertz CT molecular complexity index is 90.1. The Morgan fingerprint density at radius 1 is 0.583 bits per heavy atom. The maximum absolute atomic E-state index is 8.80. The summed E-state index contributed by atoms with van der Waals surface area (Å²) in [5.41, 5.74) is 0. The summed E-state index contributed by atoms with van der Waals surface area (Å²) >= 11 is 0. The predicted molar refractivity (Wildman–Crippen MR) is 24.9 cm³/mol. The fourth-order valence-electron chi connectivity index (χ4n) is 0.0340. The molecule has 68 valence electrons. The summed E-state index contributed by atoms with van der Waals surface area (Å²) in [6, 6.07) is 0. The third kappa shape index (κ3) is 54.1. The van der Waals surface area contributed by atoms with Crippen molar-refractivity contribution in [3.05, 3.63) is 0 Å². The van der Waals surface area contributed by atoms with E-state index in [0.717, 1.165) is 25.9 Å².